The van der Waals surface area contributed by atoms with Gasteiger partial charge in [-0.25, -0.2) is 0 Å². The standard InChI is InChI=1S/C9H17N3O2/c1-3-9(14)10-4-7-5-11-12(2)8(7)6-13/h5,9-10,13-14H,3-4,6H2,1-2H3. The predicted octanol–water partition coefficient (Wildman–Crippen LogP) is -0.270. The molecule has 1 aromatic heterocycles. The first-order chi connectivity index (χ1) is 6.69. The fourth-order valence-electron chi connectivity index (χ4n) is 1.23. The number of hydrogen-bond donors (Lipinski definition) is 3. The van der Waals surface area contributed by atoms with Crippen LogP contribution in [0.1, 0.15) is 24.6 Å². The molecule has 5 heteroatoms. The van der Waals surface area contributed by atoms with Crippen molar-refractivity contribution in [1.82, 2.24) is 15.1 Å². The summed E-state index contributed by atoms with van der Waals surface area (Å²) in [6.45, 7) is 2.39. The minimum absolute atomic E-state index is 0.0320. The van der Waals surface area contributed by atoms with Crippen LogP contribution in [0.4, 0.5) is 0 Å². The fourth-order valence-corrected chi connectivity index (χ4v) is 1.23. The summed E-state index contributed by atoms with van der Waals surface area (Å²) in [6.07, 6.45) is 1.86. The van der Waals surface area contributed by atoms with Crippen LogP contribution in [0, 0.1) is 0 Å². The van der Waals surface area contributed by atoms with Crippen LogP contribution in [0.3, 0.4) is 0 Å². The summed E-state index contributed by atoms with van der Waals surface area (Å²) in [5.74, 6) is 0. The smallest absolute Gasteiger partial charge is 0.104 e. The Bertz CT molecular complexity index is 286. The highest BCUT2D eigenvalue weighted by Gasteiger charge is 2.08. The summed E-state index contributed by atoms with van der Waals surface area (Å²) in [5, 5.41) is 25.3. The normalized spacial score (nSPS) is 13.1. The summed E-state index contributed by atoms with van der Waals surface area (Å²) in [6, 6.07) is 0. The molecule has 0 fully saturated rings. The molecule has 1 unspecified atom stereocenters. The van der Waals surface area contributed by atoms with E-state index in [0.29, 0.717) is 13.0 Å². The van der Waals surface area contributed by atoms with E-state index in [1.54, 1.807) is 17.9 Å². The van der Waals surface area contributed by atoms with Gasteiger partial charge in [-0.05, 0) is 6.42 Å². The summed E-state index contributed by atoms with van der Waals surface area (Å²) in [7, 11) is 1.78. The number of nitrogens with one attached hydrogen (secondary N) is 1. The molecule has 0 amide bonds. The molecule has 0 radical (unpaired) electrons. The number of aryl methyl sites for hydroxylation is 1. The number of nitrogens with zero attached hydrogens (tertiary/aromatic N) is 2. The Balaban J connectivity index is 2.58. The average Bonchev–Trinajstić information content (AvgIpc) is 2.55. The van der Waals surface area contributed by atoms with Crippen molar-refractivity contribution in [2.75, 3.05) is 0 Å². The molecule has 0 bridgehead atoms. The summed E-state index contributed by atoms with van der Waals surface area (Å²) >= 11 is 0. The molecule has 1 rings (SSSR count). The Morgan fingerprint density at radius 2 is 2.36 bits per heavy atom. The van der Waals surface area contributed by atoms with Gasteiger partial charge in [0, 0.05) is 19.2 Å². The first kappa shape index (κ1) is 11.2. The molecule has 0 aromatic carbocycles. The van der Waals surface area contributed by atoms with E-state index in [-0.39, 0.29) is 6.61 Å². The number of aliphatic hydroxyl groups is 2. The number of aromatic nitrogens is 2. The zero-order valence-electron chi connectivity index (χ0n) is 8.56. The topological polar surface area (TPSA) is 70.3 Å². The van der Waals surface area contributed by atoms with Gasteiger partial charge < -0.3 is 10.2 Å². The maximum Gasteiger partial charge on any atom is 0.104 e. The lowest BCUT2D eigenvalue weighted by atomic mass is 10.2. The van der Waals surface area contributed by atoms with E-state index in [2.05, 4.69) is 10.4 Å². The van der Waals surface area contributed by atoms with Crippen LogP contribution in [-0.2, 0) is 20.2 Å². The third kappa shape index (κ3) is 2.54. The fraction of sp³-hybridized carbons (Fsp3) is 0.667. The highest BCUT2D eigenvalue weighted by Crippen LogP contribution is 2.07. The van der Waals surface area contributed by atoms with Gasteiger partial charge in [-0.15, -0.1) is 0 Å². The van der Waals surface area contributed by atoms with Gasteiger partial charge in [-0.2, -0.15) is 5.10 Å². The minimum atomic E-state index is -0.498. The van der Waals surface area contributed by atoms with Crippen molar-refractivity contribution in [2.24, 2.45) is 7.05 Å². The van der Waals surface area contributed by atoms with Gasteiger partial charge in [0.05, 0.1) is 18.5 Å². The van der Waals surface area contributed by atoms with E-state index in [1.165, 1.54) is 0 Å². The van der Waals surface area contributed by atoms with E-state index in [4.69, 9.17) is 5.11 Å². The number of rotatable bonds is 5. The highest BCUT2D eigenvalue weighted by molar-refractivity contribution is 5.16. The third-order valence-corrected chi connectivity index (χ3v) is 2.21. The van der Waals surface area contributed by atoms with Crippen molar-refractivity contribution >= 4 is 0 Å². The van der Waals surface area contributed by atoms with Crippen molar-refractivity contribution in [3.63, 3.8) is 0 Å². The molecule has 0 saturated carbocycles. The van der Waals surface area contributed by atoms with Gasteiger partial charge in [0.1, 0.15) is 6.23 Å². The average molecular weight is 199 g/mol. The molecule has 0 spiro atoms. The van der Waals surface area contributed by atoms with Gasteiger partial charge in [0.15, 0.2) is 0 Å². The van der Waals surface area contributed by atoms with E-state index in [9.17, 15) is 5.11 Å². The van der Waals surface area contributed by atoms with E-state index < -0.39 is 6.23 Å². The molecule has 0 saturated heterocycles. The van der Waals surface area contributed by atoms with Gasteiger partial charge >= 0.3 is 0 Å². The molecular formula is C9H17N3O2. The van der Waals surface area contributed by atoms with Crippen molar-refractivity contribution in [2.45, 2.75) is 32.7 Å². The largest absolute Gasteiger partial charge is 0.390 e. The SMILES string of the molecule is CCC(O)NCc1cnn(C)c1CO. The maximum atomic E-state index is 9.29. The van der Waals surface area contributed by atoms with Crippen molar-refractivity contribution in [1.29, 1.82) is 0 Å². The molecule has 0 aliphatic heterocycles. The predicted molar refractivity (Wildman–Crippen MR) is 52.3 cm³/mol. The van der Waals surface area contributed by atoms with Crippen LogP contribution in [0.2, 0.25) is 0 Å². The van der Waals surface area contributed by atoms with Gasteiger partial charge in [0.25, 0.3) is 0 Å². The number of aliphatic hydroxyl groups excluding tert-OH is 2. The van der Waals surface area contributed by atoms with Crippen LogP contribution < -0.4 is 5.32 Å². The second-order valence-electron chi connectivity index (χ2n) is 3.20. The second kappa shape index (κ2) is 5.09. The monoisotopic (exact) mass is 199 g/mol. The van der Waals surface area contributed by atoms with E-state index >= 15 is 0 Å². The summed E-state index contributed by atoms with van der Waals surface area (Å²) in [5.41, 5.74) is 1.70. The van der Waals surface area contributed by atoms with Gasteiger partial charge in [-0.1, -0.05) is 6.92 Å². The van der Waals surface area contributed by atoms with Crippen LogP contribution in [0.15, 0.2) is 6.20 Å². The quantitative estimate of drug-likeness (QED) is 0.571. The van der Waals surface area contributed by atoms with E-state index in [1.807, 2.05) is 6.92 Å². The summed E-state index contributed by atoms with van der Waals surface area (Å²) in [4.78, 5) is 0. The Hall–Kier alpha value is -0.910. The Labute approximate surface area is 83.4 Å². The molecule has 1 atom stereocenters. The van der Waals surface area contributed by atoms with Crippen LogP contribution in [-0.4, -0.2) is 26.2 Å². The molecule has 3 N–H and O–H groups in total. The molecule has 0 aliphatic rings. The zero-order chi connectivity index (χ0) is 10.6. The lowest BCUT2D eigenvalue weighted by Gasteiger charge is -2.10. The molecular weight excluding hydrogens is 182 g/mol. The molecule has 1 heterocycles. The Kier molecular flexibility index (Phi) is 4.06. The lowest BCUT2D eigenvalue weighted by molar-refractivity contribution is 0.131. The molecule has 5 nitrogen and oxygen atoms in total. The Morgan fingerprint density at radius 1 is 1.64 bits per heavy atom. The molecule has 80 valence electrons. The third-order valence-electron chi connectivity index (χ3n) is 2.21. The second-order valence-corrected chi connectivity index (χ2v) is 3.20. The molecule has 14 heavy (non-hydrogen) atoms. The van der Waals surface area contributed by atoms with Crippen LogP contribution >= 0.6 is 0 Å². The molecule has 1 aromatic rings. The lowest BCUT2D eigenvalue weighted by Crippen LogP contribution is -2.27. The highest BCUT2D eigenvalue weighted by atomic mass is 16.3. The van der Waals surface area contributed by atoms with Crippen LogP contribution in [0.25, 0.3) is 0 Å². The minimum Gasteiger partial charge on any atom is -0.390 e. The number of hydrogen-bond acceptors (Lipinski definition) is 4. The zero-order valence-corrected chi connectivity index (χ0v) is 8.56. The van der Waals surface area contributed by atoms with Crippen molar-refractivity contribution in [3.05, 3.63) is 17.5 Å². The van der Waals surface area contributed by atoms with Gasteiger partial charge in [-0.3, -0.25) is 10.00 Å². The first-order valence-electron chi connectivity index (χ1n) is 4.71. The first-order valence-corrected chi connectivity index (χ1v) is 4.71. The summed E-state index contributed by atoms with van der Waals surface area (Å²) < 4.78 is 1.63. The molecule has 0 aliphatic carbocycles. The van der Waals surface area contributed by atoms with E-state index in [0.717, 1.165) is 11.3 Å². The van der Waals surface area contributed by atoms with Gasteiger partial charge in [0.2, 0.25) is 0 Å². The maximum absolute atomic E-state index is 9.29. The Morgan fingerprint density at radius 3 is 2.93 bits per heavy atom. The van der Waals surface area contributed by atoms with Crippen LogP contribution in [0.5, 0.6) is 0 Å². The van der Waals surface area contributed by atoms with Crippen molar-refractivity contribution in [3.8, 4) is 0 Å². The van der Waals surface area contributed by atoms with Crippen molar-refractivity contribution < 1.29 is 10.2 Å².